The fraction of sp³-hybridized carbons (Fsp3) is 0.905. The number of carbonyl (C=O) groups excluding carboxylic acids is 2. The fourth-order valence-corrected chi connectivity index (χ4v) is 2.66. The van der Waals surface area contributed by atoms with Crippen LogP contribution in [-0.4, -0.2) is 18.9 Å². The van der Waals surface area contributed by atoms with E-state index in [1.807, 2.05) is 0 Å². The van der Waals surface area contributed by atoms with Crippen molar-refractivity contribution in [2.24, 2.45) is 5.41 Å². The molecule has 0 bridgehead atoms. The molecule has 0 aromatic rings. The Morgan fingerprint density at radius 2 is 1.21 bits per heavy atom. The highest BCUT2D eigenvalue weighted by atomic mass is 16.5. The van der Waals surface area contributed by atoms with Crippen LogP contribution in [-0.2, 0) is 14.3 Å². The maximum absolute atomic E-state index is 11.6. The highest BCUT2D eigenvalue weighted by molar-refractivity contribution is 5.70. The van der Waals surface area contributed by atoms with Crippen molar-refractivity contribution in [1.29, 1.82) is 0 Å². The van der Waals surface area contributed by atoms with Gasteiger partial charge in [-0.1, -0.05) is 84.0 Å². The van der Waals surface area contributed by atoms with Gasteiger partial charge in [0, 0.05) is 6.42 Å². The van der Waals surface area contributed by atoms with Gasteiger partial charge >= 0.3 is 5.97 Å². The summed E-state index contributed by atoms with van der Waals surface area (Å²) in [5, 5.41) is 0. The topological polar surface area (TPSA) is 43.4 Å². The Morgan fingerprint density at radius 3 is 1.62 bits per heavy atom. The molecule has 0 spiro atoms. The minimum Gasteiger partial charge on any atom is -0.465 e. The Hall–Kier alpha value is -0.860. The lowest BCUT2D eigenvalue weighted by Crippen LogP contribution is -2.23. The second-order valence-electron chi connectivity index (χ2n) is 7.76. The summed E-state index contributed by atoms with van der Waals surface area (Å²) in [4.78, 5) is 22.3. The quantitative estimate of drug-likeness (QED) is 0.179. The summed E-state index contributed by atoms with van der Waals surface area (Å²) in [6, 6.07) is 0. The van der Waals surface area contributed by atoms with Crippen LogP contribution in [0.25, 0.3) is 0 Å². The number of hydrogen-bond acceptors (Lipinski definition) is 3. The van der Waals surface area contributed by atoms with Crippen LogP contribution in [0.5, 0.6) is 0 Å². The predicted octanol–water partition coefficient (Wildman–Crippen LogP) is 6.24. The molecular formula is C21H40O3. The molecule has 24 heavy (non-hydrogen) atoms. The molecule has 0 atom stereocenters. The highest BCUT2D eigenvalue weighted by Crippen LogP contribution is 2.14. The van der Waals surface area contributed by atoms with Gasteiger partial charge < -0.3 is 9.53 Å². The van der Waals surface area contributed by atoms with Crippen molar-refractivity contribution in [1.82, 2.24) is 0 Å². The zero-order valence-electron chi connectivity index (χ0n) is 16.4. The number of esters is 1. The molecule has 0 saturated heterocycles. The van der Waals surface area contributed by atoms with Gasteiger partial charge in [-0.15, -0.1) is 0 Å². The average molecular weight is 341 g/mol. The van der Waals surface area contributed by atoms with E-state index in [9.17, 15) is 9.59 Å². The van der Waals surface area contributed by atoms with Gasteiger partial charge in [0.2, 0.25) is 0 Å². The summed E-state index contributed by atoms with van der Waals surface area (Å²) in [5.74, 6) is -0.173. The first-order valence-electron chi connectivity index (χ1n) is 10.1. The molecule has 0 N–H and O–H groups in total. The third-order valence-electron chi connectivity index (χ3n) is 4.41. The molecular weight excluding hydrogens is 300 g/mol. The van der Waals surface area contributed by atoms with Gasteiger partial charge in [-0.05, 0) is 20.3 Å². The van der Waals surface area contributed by atoms with Crippen molar-refractivity contribution in [2.75, 3.05) is 6.61 Å². The van der Waals surface area contributed by atoms with Crippen molar-refractivity contribution >= 4 is 12.3 Å². The molecule has 0 heterocycles. The Balaban J connectivity index is 3.25. The van der Waals surface area contributed by atoms with Crippen LogP contribution in [0.3, 0.4) is 0 Å². The van der Waals surface area contributed by atoms with E-state index in [-0.39, 0.29) is 12.6 Å². The molecule has 0 amide bonds. The molecule has 0 fully saturated rings. The van der Waals surface area contributed by atoms with E-state index in [2.05, 4.69) is 6.92 Å². The summed E-state index contributed by atoms with van der Waals surface area (Å²) in [6.07, 6.45) is 18.2. The smallest absolute Gasteiger partial charge is 0.305 e. The fourth-order valence-electron chi connectivity index (χ4n) is 2.66. The summed E-state index contributed by atoms with van der Waals surface area (Å²) in [5.41, 5.74) is -0.564. The van der Waals surface area contributed by atoms with Crippen molar-refractivity contribution in [3.8, 4) is 0 Å². The first kappa shape index (κ1) is 23.1. The van der Waals surface area contributed by atoms with Crippen LogP contribution in [0.4, 0.5) is 0 Å². The van der Waals surface area contributed by atoms with E-state index < -0.39 is 5.41 Å². The molecule has 0 radical (unpaired) electrons. The zero-order valence-corrected chi connectivity index (χ0v) is 16.4. The SMILES string of the molecule is CCCCCCCCCCCCCCCC(=O)OCC(C)(C)C=O. The lowest BCUT2D eigenvalue weighted by molar-refractivity contribution is -0.147. The van der Waals surface area contributed by atoms with Crippen LogP contribution >= 0.6 is 0 Å². The largest absolute Gasteiger partial charge is 0.465 e. The summed E-state index contributed by atoms with van der Waals surface area (Å²) >= 11 is 0. The van der Waals surface area contributed by atoms with E-state index in [4.69, 9.17) is 4.74 Å². The minimum absolute atomic E-state index is 0.173. The first-order valence-corrected chi connectivity index (χ1v) is 10.1. The lowest BCUT2D eigenvalue weighted by Gasteiger charge is -2.16. The van der Waals surface area contributed by atoms with E-state index in [0.29, 0.717) is 6.42 Å². The van der Waals surface area contributed by atoms with Gasteiger partial charge in [-0.3, -0.25) is 4.79 Å². The number of ether oxygens (including phenoxy) is 1. The number of hydrogen-bond donors (Lipinski definition) is 0. The average Bonchev–Trinajstić information content (AvgIpc) is 2.57. The molecule has 3 heteroatoms. The number of rotatable bonds is 17. The minimum atomic E-state index is -0.564. The van der Waals surface area contributed by atoms with E-state index in [0.717, 1.165) is 19.1 Å². The molecule has 0 aliphatic heterocycles. The van der Waals surface area contributed by atoms with Crippen molar-refractivity contribution in [3.63, 3.8) is 0 Å². The summed E-state index contributed by atoms with van der Waals surface area (Å²) in [6.45, 7) is 6.00. The molecule has 0 aromatic carbocycles. The van der Waals surface area contributed by atoms with Gasteiger partial charge in [0.05, 0.1) is 5.41 Å². The van der Waals surface area contributed by atoms with Gasteiger partial charge in [-0.25, -0.2) is 0 Å². The van der Waals surface area contributed by atoms with E-state index >= 15 is 0 Å². The van der Waals surface area contributed by atoms with Crippen LogP contribution < -0.4 is 0 Å². The van der Waals surface area contributed by atoms with Crippen LogP contribution in [0.15, 0.2) is 0 Å². The van der Waals surface area contributed by atoms with Gasteiger partial charge in [0.25, 0.3) is 0 Å². The molecule has 142 valence electrons. The van der Waals surface area contributed by atoms with Crippen molar-refractivity contribution in [3.05, 3.63) is 0 Å². The second-order valence-corrected chi connectivity index (χ2v) is 7.76. The molecule has 0 rings (SSSR count). The monoisotopic (exact) mass is 340 g/mol. The van der Waals surface area contributed by atoms with Crippen LogP contribution in [0.2, 0.25) is 0 Å². The molecule has 0 saturated carbocycles. The highest BCUT2D eigenvalue weighted by Gasteiger charge is 2.18. The number of aldehydes is 1. The maximum atomic E-state index is 11.6. The predicted molar refractivity (Wildman–Crippen MR) is 101 cm³/mol. The summed E-state index contributed by atoms with van der Waals surface area (Å²) in [7, 11) is 0. The van der Waals surface area contributed by atoms with Gasteiger partial charge in [-0.2, -0.15) is 0 Å². The molecule has 0 aliphatic carbocycles. The molecule has 0 unspecified atom stereocenters. The Bertz CT molecular complexity index is 310. The lowest BCUT2D eigenvalue weighted by atomic mass is 9.98. The molecule has 3 nitrogen and oxygen atoms in total. The molecule has 0 aliphatic rings. The Labute approximate surface area is 149 Å². The molecule has 0 aromatic heterocycles. The van der Waals surface area contributed by atoms with E-state index in [1.54, 1.807) is 13.8 Å². The Morgan fingerprint density at radius 1 is 0.792 bits per heavy atom. The van der Waals surface area contributed by atoms with Crippen LogP contribution in [0.1, 0.15) is 111 Å². The van der Waals surface area contributed by atoms with E-state index in [1.165, 1.54) is 70.6 Å². The third kappa shape index (κ3) is 16.0. The van der Waals surface area contributed by atoms with Crippen molar-refractivity contribution < 1.29 is 14.3 Å². The number of unbranched alkanes of at least 4 members (excludes halogenated alkanes) is 12. The zero-order chi connectivity index (χ0) is 18.1. The Kier molecular flexibility index (Phi) is 15.1. The standard InChI is InChI=1S/C21H40O3/c1-4-5-6-7-8-9-10-11-12-13-14-15-16-17-20(23)24-19-21(2,3)18-22/h18H,4-17,19H2,1-3H3. The van der Waals surface area contributed by atoms with Gasteiger partial charge in [0.15, 0.2) is 0 Å². The van der Waals surface area contributed by atoms with Gasteiger partial charge in [0.1, 0.15) is 12.9 Å². The first-order chi connectivity index (χ1) is 11.5. The van der Waals surface area contributed by atoms with Crippen LogP contribution in [0, 0.1) is 5.41 Å². The van der Waals surface area contributed by atoms with Crippen molar-refractivity contribution in [2.45, 2.75) is 111 Å². The maximum Gasteiger partial charge on any atom is 0.305 e. The number of carbonyl (C=O) groups is 2. The second kappa shape index (κ2) is 15.7. The normalized spacial score (nSPS) is 11.5. The summed E-state index contributed by atoms with van der Waals surface area (Å²) < 4.78 is 5.13. The third-order valence-corrected chi connectivity index (χ3v) is 4.41.